The second kappa shape index (κ2) is 7.25. The molecule has 2 aromatic carbocycles. The van der Waals surface area contributed by atoms with E-state index in [0.717, 1.165) is 11.5 Å². The van der Waals surface area contributed by atoms with Crippen molar-refractivity contribution in [3.63, 3.8) is 0 Å². The number of carbonyl (C=O) groups excluding carboxylic acids is 1. The van der Waals surface area contributed by atoms with Crippen molar-refractivity contribution in [1.29, 1.82) is 0 Å². The highest BCUT2D eigenvalue weighted by molar-refractivity contribution is 7.89. The summed E-state index contributed by atoms with van der Waals surface area (Å²) in [5, 5.41) is 5.47. The van der Waals surface area contributed by atoms with Gasteiger partial charge in [-0.25, -0.2) is 17.9 Å². The summed E-state index contributed by atoms with van der Waals surface area (Å²) in [6.07, 6.45) is 2.54. The third kappa shape index (κ3) is 4.58. The number of carbonyl (C=O) groups is 1. The van der Waals surface area contributed by atoms with Crippen LogP contribution in [0.5, 0.6) is 0 Å². The van der Waals surface area contributed by atoms with Crippen LogP contribution in [0.25, 0.3) is 0 Å². The van der Waals surface area contributed by atoms with Crippen LogP contribution in [0.4, 0.5) is 10.5 Å². The van der Waals surface area contributed by atoms with Crippen LogP contribution in [-0.4, -0.2) is 21.5 Å². The molecule has 2 amide bonds. The number of sulfonamides is 1. The SMILES string of the molecule is CNS(=O)(=O)c1ccc(NC(=O)NCc2ccc(C3CC3)cc2)cc1. The highest BCUT2D eigenvalue weighted by Gasteiger charge is 2.22. The van der Waals surface area contributed by atoms with Crippen molar-refractivity contribution < 1.29 is 13.2 Å². The molecule has 0 bridgehead atoms. The Balaban J connectivity index is 1.51. The molecular formula is C18H21N3O3S. The predicted octanol–water partition coefficient (Wildman–Crippen LogP) is 2.79. The minimum absolute atomic E-state index is 0.150. The van der Waals surface area contributed by atoms with E-state index in [1.807, 2.05) is 12.1 Å². The minimum atomic E-state index is -3.47. The molecule has 2 aromatic rings. The van der Waals surface area contributed by atoms with E-state index >= 15 is 0 Å². The number of urea groups is 1. The van der Waals surface area contributed by atoms with Gasteiger partial charge in [-0.3, -0.25) is 0 Å². The third-order valence-corrected chi connectivity index (χ3v) is 5.60. The predicted molar refractivity (Wildman–Crippen MR) is 97.0 cm³/mol. The summed E-state index contributed by atoms with van der Waals surface area (Å²) in [5.41, 5.74) is 2.93. The standard InChI is InChI=1S/C18H21N3O3S/c1-19-25(23,24)17-10-8-16(9-11-17)21-18(22)20-12-13-2-4-14(5-3-13)15-6-7-15/h2-5,8-11,15,19H,6-7,12H2,1H3,(H2,20,21,22). The van der Waals surface area contributed by atoms with E-state index in [1.165, 1.54) is 37.6 Å². The molecule has 0 spiro atoms. The molecule has 0 unspecified atom stereocenters. The van der Waals surface area contributed by atoms with Crippen LogP contribution in [0.1, 0.15) is 29.9 Å². The summed E-state index contributed by atoms with van der Waals surface area (Å²) in [6.45, 7) is 0.434. The van der Waals surface area contributed by atoms with Gasteiger partial charge in [0.05, 0.1) is 4.90 Å². The lowest BCUT2D eigenvalue weighted by atomic mass is 10.1. The molecule has 3 rings (SSSR count). The number of hydrogen-bond acceptors (Lipinski definition) is 3. The number of amides is 2. The Labute approximate surface area is 147 Å². The minimum Gasteiger partial charge on any atom is -0.334 e. The lowest BCUT2D eigenvalue weighted by Gasteiger charge is -2.09. The van der Waals surface area contributed by atoms with Gasteiger partial charge in [-0.1, -0.05) is 24.3 Å². The van der Waals surface area contributed by atoms with E-state index in [2.05, 4.69) is 27.5 Å². The maximum atomic E-state index is 12.0. The Kier molecular flexibility index (Phi) is 5.06. The van der Waals surface area contributed by atoms with Gasteiger partial charge >= 0.3 is 6.03 Å². The summed E-state index contributed by atoms with van der Waals surface area (Å²) in [4.78, 5) is 12.1. The van der Waals surface area contributed by atoms with E-state index < -0.39 is 10.0 Å². The van der Waals surface area contributed by atoms with Gasteiger partial charge in [0, 0.05) is 12.2 Å². The first-order valence-corrected chi connectivity index (χ1v) is 9.63. The fourth-order valence-electron chi connectivity index (χ4n) is 2.52. The smallest absolute Gasteiger partial charge is 0.319 e. The third-order valence-electron chi connectivity index (χ3n) is 4.17. The highest BCUT2D eigenvalue weighted by atomic mass is 32.2. The van der Waals surface area contributed by atoms with Crippen molar-refractivity contribution in [2.24, 2.45) is 0 Å². The fraction of sp³-hybridized carbons (Fsp3) is 0.278. The van der Waals surface area contributed by atoms with Gasteiger partial charge in [-0.05, 0) is 61.2 Å². The Hall–Kier alpha value is -2.38. The van der Waals surface area contributed by atoms with Crippen LogP contribution in [-0.2, 0) is 16.6 Å². The second-order valence-corrected chi connectivity index (χ2v) is 7.94. The lowest BCUT2D eigenvalue weighted by Crippen LogP contribution is -2.28. The molecular weight excluding hydrogens is 338 g/mol. The number of nitrogens with one attached hydrogen (secondary N) is 3. The molecule has 0 heterocycles. The molecule has 25 heavy (non-hydrogen) atoms. The van der Waals surface area contributed by atoms with Gasteiger partial charge in [-0.15, -0.1) is 0 Å². The molecule has 132 valence electrons. The van der Waals surface area contributed by atoms with Gasteiger partial charge in [-0.2, -0.15) is 0 Å². The molecule has 0 radical (unpaired) electrons. The maximum Gasteiger partial charge on any atom is 0.319 e. The monoisotopic (exact) mass is 359 g/mol. The van der Waals surface area contributed by atoms with Crippen molar-refractivity contribution >= 4 is 21.7 Å². The van der Waals surface area contributed by atoms with Crippen molar-refractivity contribution in [3.8, 4) is 0 Å². The molecule has 0 aliphatic heterocycles. The molecule has 7 heteroatoms. The van der Waals surface area contributed by atoms with E-state index in [4.69, 9.17) is 0 Å². The van der Waals surface area contributed by atoms with Crippen molar-refractivity contribution in [3.05, 3.63) is 59.7 Å². The summed E-state index contributed by atoms with van der Waals surface area (Å²) in [6, 6.07) is 14.0. The molecule has 1 aliphatic rings. The molecule has 0 saturated heterocycles. The summed E-state index contributed by atoms with van der Waals surface area (Å²) in [5.74, 6) is 0.722. The zero-order valence-electron chi connectivity index (χ0n) is 14.0. The van der Waals surface area contributed by atoms with Gasteiger partial charge in [0.2, 0.25) is 10.0 Å². The molecule has 1 aliphatic carbocycles. The number of anilines is 1. The van der Waals surface area contributed by atoms with E-state index in [-0.39, 0.29) is 10.9 Å². The average Bonchev–Trinajstić information content (AvgIpc) is 3.46. The molecule has 0 aromatic heterocycles. The molecule has 3 N–H and O–H groups in total. The Bertz CT molecular complexity index is 842. The number of hydrogen-bond donors (Lipinski definition) is 3. The Morgan fingerprint density at radius 3 is 2.24 bits per heavy atom. The van der Waals surface area contributed by atoms with Crippen LogP contribution >= 0.6 is 0 Å². The van der Waals surface area contributed by atoms with Crippen LogP contribution < -0.4 is 15.4 Å². The lowest BCUT2D eigenvalue weighted by molar-refractivity contribution is 0.251. The van der Waals surface area contributed by atoms with E-state index in [1.54, 1.807) is 12.1 Å². The van der Waals surface area contributed by atoms with Crippen LogP contribution in [0.3, 0.4) is 0 Å². The average molecular weight is 359 g/mol. The zero-order chi connectivity index (χ0) is 17.9. The van der Waals surface area contributed by atoms with Gasteiger partial charge in [0.1, 0.15) is 0 Å². The van der Waals surface area contributed by atoms with Gasteiger partial charge in [0.15, 0.2) is 0 Å². The normalized spacial score (nSPS) is 14.1. The first-order valence-electron chi connectivity index (χ1n) is 8.15. The van der Waals surface area contributed by atoms with Crippen molar-refractivity contribution in [1.82, 2.24) is 10.0 Å². The second-order valence-electron chi connectivity index (χ2n) is 6.06. The van der Waals surface area contributed by atoms with Gasteiger partial charge in [0.25, 0.3) is 0 Å². The Morgan fingerprint density at radius 2 is 1.68 bits per heavy atom. The molecule has 1 fully saturated rings. The van der Waals surface area contributed by atoms with E-state index in [0.29, 0.717) is 12.2 Å². The fourth-order valence-corrected chi connectivity index (χ4v) is 3.25. The van der Waals surface area contributed by atoms with Gasteiger partial charge < -0.3 is 10.6 Å². The first kappa shape index (κ1) is 17.4. The van der Waals surface area contributed by atoms with Crippen molar-refractivity contribution in [2.75, 3.05) is 12.4 Å². The van der Waals surface area contributed by atoms with Crippen LogP contribution in [0, 0.1) is 0 Å². The van der Waals surface area contributed by atoms with Crippen LogP contribution in [0.15, 0.2) is 53.4 Å². The quantitative estimate of drug-likeness (QED) is 0.741. The summed E-state index contributed by atoms with van der Waals surface area (Å²) < 4.78 is 25.5. The van der Waals surface area contributed by atoms with Crippen molar-refractivity contribution in [2.45, 2.75) is 30.2 Å². The zero-order valence-corrected chi connectivity index (χ0v) is 14.8. The van der Waals surface area contributed by atoms with Crippen LogP contribution in [0.2, 0.25) is 0 Å². The molecule has 0 atom stereocenters. The first-order chi connectivity index (χ1) is 12.0. The number of benzene rings is 2. The van der Waals surface area contributed by atoms with E-state index in [9.17, 15) is 13.2 Å². The number of rotatable bonds is 6. The Morgan fingerprint density at radius 1 is 1.04 bits per heavy atom. The topological polar surface area (TPSA) is 87.3 Å². The molecule has 6 nitrogen and oxygen atoms in total. The largest absolute Gasteiger partial charge is 0.334 e. The highest BCUT2D eigenvalue weighted by Crippen LogP contribution is 2.39. The summed E-state index contributed by atoms with van der Waals surface area (Å²) in [7, 11) is -2.12. The maximum absolute atomic E-state index is 12.0. The summed E-state index contributed by atoms with van der Waals surface area (Å²) >= 11 is 0. The molecule has 1 saturated carbocycles.